The Labute approximate surface area is 212 Å². The number of carbonyl (C=O) groups excluding carboxylic acids is 3. The van der Waals surface area contributed by atoms with Crippen LogP contribution in [0.5, 0.6) is 0 Å². The van der Waals surface area contributed by atoms with Crippen molar-refractivity contribution in [3.63, 3.8) is 0 Å². The molecule has 1 atom stereocenters. The van der Waals surface area contributed by atoms with Gasteiger partial charge in [-0.1, -0.05) is 23.7 Å². The van der Waals surface area contributed by atoms with Gasteiger partial charge in [0.2, 0.25) is 0 Å². The van der Waals surface area contributed by atoms with Crippen LogP contribution in [0.15, 0.2) is 65.0 Å². The van der Waals surface area contributed by atoms with E-state index in [0.29, 0.717) is 22.6 Å². The topological polar surface area (TPSA) is 137 Å². The van der Waals surface area contributed by atoms with E-state index in [1.54, 1.807) is 26.8 Å². The van der Waals surface area contributed by atoms with Crippen LogP contribution in [-0.2, 0) is 19.1 Å². The third-order valence-corrected chi connectivity index (χ3v) is 5.86. The molecule has 1 amide bonds. The lowest BCUT2D eigenvalue weighted by atomic mass is 9.80. The van der Waals surface area contributed by atoms with Crippen molar-refractivity contribution >= 4 is 40.8 Å². The van der Waals surface area contributed by atoms with Crippen LogP contribution in [0.4, 0.5) is 11.4 Å². The number of nitrogens with zero attached hydrogens (tertiary/aromatic N) is 1. The molecule has 10 nitrogen and oxygen atoms in total. The Bertz CT molecular complexity index is 1320. The summed E-state index contributed by atoms with van der Waals surface area (Å²) < 4.78 is 9.92. The lowest BCUT2D eigenvalue weighted by Gasteiger charge is -2.30. The van der Waals surface area contributed by atoms with Gasteiger partial charge in [-0.05, 0) is 44.5 Å². The Hall–Kier alpha value is -4.18. The van der Waals surface area contributed by atoms with Crippen molar-refractivity contribution in [2.45, 2.75) is 26.7 Å². The van der Waals surface area contributed by atoms with E-state index in [1.807, 2.05) is 0 Å². The monoisotopic (exact) mass is 513 g/mol. The molecule has 2 aromatic carbocycles. The number of allylic oxidation sites excluding steroid dienone is 2. The Kier molecular flexibility index (Phi) is 8.11. The number of nitro groups is 1. The number of halogens is 1. The molecule has 0 aliphatic carbocycles. The van der Waals surface area contributed by atoms with E-state index in [0.717, 1.165) is 0 Å². The van der Waals surface area contributed by atoms with Crippen LogP contribution in [0, 0.1) is 10.1 Å². The van der Waals surface area contributed by atoms with Crippen molar-refractivity contribution in [2.24, 2.45) is 0 Å². The first-order valence-corrected chi connectivity index (χ1v) is 11.3. The summed E-state index contributed by atoms with van der Waals surface area (Å²) in [5.41, 5.74) is 1.82. The predicted octanol–water partition coefficient (Wildman–Crippen LogP) is 4.47. The number of benzene rings is 2. The number of methoxy groups -OCH3 is 1. The van der Waals surface area contributed by atoms with Crippen LogP contribution >= 0.6 is 11.6 Å². The first kappa shape index (κ1) is 26.4. The van der Waals surface area contributed by atoms with Gasteiger partial charge in [0.05, 0.1) is 40.7 Å². The zero-order valence-electron chi connectivity index (χ0n) is 20.0. The van der Waals surface area contributed by atoms with Gasteiger partial charge in [0.15, 0.2) is 0 Å². The van der Waals surface area contributed by atoms with E-state index in [1.165, 1.54) is 43.5 Å². The second-order valence-electron chi connectivity index (χ2n) is 7.85. The van der Waals surface area contributed by atoms with Gasteiger partial charge in [0.25, 0.3) is 11.6 Å². The maximum absolute atomic E-state index is 13.5. The van der Waals surface area contributed by atoms with Crippen molar-refractivity contribution in [1.82, 2.24) is 5.32 Å². The van der Waals surface area contributed by atoms with E-state index in [-0.39, 0.29) is 34.0 Å². The van der Waals surface area contributed by atoms with E-state index >= 15 is 0 Å². The number of carbonyl (C=O) groups is 3. The number of nitrogens with one attached hydrogen (secondary N) is 2. The third kappa shape index (κ3) is 5.38. The van der Waals surface area contributed by atoms with Crippen LogP contribution < -0.4 is 10.6 Å². The molecule has 188 valence electrons. The van der Waals surface area contributed by atoms with Gasteiger partial charge in [-0.2, -0.15) is 0 Å². The van der Waals surface area contributed by atoms with Crippen molar-refractivity contribution in [3.05, 3.63) is 91.3 Å². The summed E-state index contributed by atoms with van der Waals surface area (Å²) in [6.45, 7) is 5.17. The minimum atomic E-state index is -0.951. The number of non-ortho nitro benzene ring substituents is 1. The number of ether oxygens (including phenoxy) is 2. The number of hydrogen-bond donors (Lipinski definition) is 2. The largest absolute Gasteiger partial charge is 0.466 e. The molecule has 0 saturated carbocycles. The molecule has 1 aliphatic heterocycles. The van der Waals surface area contributed by atoms with Crippen molar-refractivity contribution in [2.75, 3.05) is 19.0 Å². The SMILES string of the molecule is CCOC(=O)c1ccc(NC(=O)C2=C(C)NC(C)=C(C(=O)OC)C2c2cccc([N+](=O)[O-])c2)cc1Cl. The molecular weight excluding hydrogens is 490 g/mol. The number of nitro benzene ring substituents is 1. The first-order chi connectivity index (χ1) is 17.1. The normalized spacial score (nSPS) is 15.2. The lowest BCUT2D eigenvalue weighted by Crippen LogP contribution is -2.33. The Morgan fingerprint density at radius 2 is 1.78 bits per heavy atom. The van der Waals surface area contributed by atoms with Crippen LogP contribution in [0.1, 0.15) is 42.6 Å². The Balaban J connectivity index is 2.05. The van der Waals surface area contributed by atoms with Gasteiger partial charge < -0.3 is 20.1 Å². The summed E-state index contributed by atoms with van der Waals surface area (Å²) in [5.74, 6) is -2.81. The number of amides is 1. The third-order valence-electron chi connectivity index (χ3n) is 5.55. The molecule has 3 rings (SSSR count). The maximum Gasteiger partial charge on any atom is 0.339 e. The van der Waals surface area contributed by atoms with Crippen LogP contribution in [0.25, 0.3) is 0 Å². The highest BCUT2D eigenvalue weighted by Gasteiger charge is 2.37. The molecule has 0 radical (unpaired) electrons. The lowest BCUT2D eigenvalue weighted by molar-refractivity contribution is -0.384. The second-order valence-corrected chi connectivity index (χ2v) is 8.26. The molecule has 0 fully saturated rings. The highest BCUT2D eigenvalue weighted by molar-refractivity contribution is 6.34. The average Bonchev–Trinajstić information content (AvgIpc) is 2.83. The van der Waals surface area contributed by atoms with Crippen LogP contribution in [0.2, 0.25) is 5.02 Å². The quantitative estimate of drug-likeness (QED) is 0.314. The molecule has 1 aliphatic rings. The van der Waals surface area contributed by atoms with Crippen molar-refractivity contribution < 1.29 is 28.8 Å². The standard InChI is InChI=1S/C25H24ClN3O7/c1-5-36-24(31)18-10-9-16(12-19(18)26)28-23(30)20-13(2)27-14(3)21(25(32)35-4)22(20)15-7-6-8-17(11-15)29(33)34/h6-12,22,27H,5H2,1-4H3,(H,28,30). The molecule has 11 heteroatoms. The Morgan fingerprint density at radius 1 is 1.08 bits per heavy atom. The fourth-order valence-electron chi connectivity index (χ4n) is 3.99. The van der Waals surface area contributed by atoms with Gasteiger partial charge in [-0.3, -0.25) is 14.9 Å². The molecule has 1 heterocycles. The summed E-state index contributed by atoms with van der Waals surface area (Å²) in [5, 5.41) is 17.2. The van der Waals surface area contributed by atoms with Gasteiger partial charge >= 0.3 is 11.9 Å². The number of anilines is 1. The molecule has 0 aromatic heterocycles. The molecule has 1 unspecified atom stereocenters. The van der Waals surface area contributed by atoms with E-state index in [4.69, 9.17) is 21.1 Å². The number of hydrogen-bond acceptors (Lipinski definition) is 8. The Morgan fingerprint density at radius 3 is 2.39 bits per heavy atom. The summed E-state index contributed by atoms with van der Waals surface area (Å²) in [7, 11) is 1.21. The predicted molar refractivity (Wildman–Crippen MR) is 132 cm³/mol. The molecule has 0 spiro atoms. The fourth-order valence-corrected chi connectivity index (χ4v) is 4.25. The zero-order valence-corrected chi connectivity index (χ0v) is 20.8. The second kappa shape index (κ2) is 11.0. The van der Waals surface area contributed by atoms with Crippen LogP contribution in [0.3, 0.4) is 0 Å². The summed E-state index contributed by atoms with van der Waals surface area (Å²) in [6, 6.07) is 10.1. The first-order valence-electron chi connectivity index (χ1n) is 10.9. The summed E-state index contributed by atoms with van der Waals surface area (Å²) in [4.78, 5) is 49.1. The van der Waals surface area contributed by atoms with Crippen molar-refractivity contribution in [3.8, 4) is 0 Å². The molecule has 2 aromatic rings. The minimum absolute atomic E-state index is 0.0833. The van der Waals surface area contributed by atoms with Gasteiger partial charge in [-0.15, -0.1) is 0 Å². The molecule has 0 saturated heterocycles. The molecule has 2 N–H and O–H groups in total. The van der Waals surface area contributed by atoms with Crippen LogP contribution in [-0.4, -0.2) is 36.5 Å². The van der Waals surface area contributed by atoms with Gasteiger partial charge in [-0.25, -0.2) is 9.59 Å². The smallest absolute Gasteiger partial charge is 0.339 e. The molecule has 0 bridgehead atoms. The number of esters is 2. The van der Waals surface area contributed by atoms with Crippen molar-refractivity contribution in [1.29, 1.82) is 0 Å². The average molecular weight is 514 g/mol. The molecular formula is C25H24ClN3O7. The highest BCUT2D eigenvalue weighted by atomic mass is 35.5. The summed E-state index contributed by atoms with van der Waals surface area (Å²) >= 11 is 6.22. The zero-order chi connectivity index (χ0) is 26.6. The fraction of sp³-hybridized carbons (Fsp3) is 0.240. The van der Waals surface area contributed by atoms with E-state index < -0.39 is 28.7 Å². The number of dihydropyridines is 1. The van der Waals surface area contributed by atoms with Gasteiger partial charge in [0, 0.05) is 34.8 Å². The minimum Gasteiger partial charge on any atom is -0.466 e. The van der Waals surface area contributed by atoms with Gasteiger partial charge in [0.1, 0.15) is 0 Å². The van der Waals surface area contributed by atoms with E-state index in [2.05, 4.69) is 10.6 Å². The highest BCUT2D eigenvalue weighted by Crippen LogP contribution is 2.40. The maximum atomic E-state index is 13.5. The molecule has 36 heavy (non-hydrogen) atoms. The van der Waals surface area contributed by atoms with E-state index in [9.17, 15) is 24.5 Å². The number of rotatable bonds is 7. The summed E-state index contributed by atoms with van der Waals surface area (Å²) in [6.07, 6.45) is 0.